The lowest BCUT2D eigenvalue weighted by molar-refractivity contribution is -0.0511. The number of halogens is 2. The number of hydrazone groups is 1. The summed E-state index contributed by atoms with van der Waals surface area (Å²) in [5.74, 6) is -0.589. The number of nitriles is 1. The summed E-state index contributed by atoms with van der Waals surface area (Å²) in [6.07, 6.45) is 0. The van der Waals surface area contributed by atoms with Crippen LogP contribution in [0.1, 0.15) is 0 Å². The average Bonchev–Trinajstić information content (AvgIpc) is 2.38. The number of ether oxygens (including phenoxy) is 2. The highest BCUT2D eigenvalue weighted by atomic mass is 19.3. The van der Waals surface area contributed by atoms with Crippen molar-refractivity contribution in [1.29, 1.82) is 10.7 Å². The fourth-order valence-electron chi connectivity index (χ4n) is 1.20. The minimum absolute atomic E-state index is 0.118. The van der Waals surface area contributed by atoms with Gasteiger partial charge in [0.1, 0.15) is 6.07 Å². The zero-order valence-corrected chi connectivity index (χ0v) is 10.4. The van der Waals surface area contributed by atoms with Crippen molar-refractivity contribution in [1.82, 2.24) is 0 Å². The number of anilines is 1. The van der Waals surface area contributed by atoms with E-state index < -0.39 is 12.4 Å². The van der Waals surface area contributed by atoms with E-state index in [1.54, 1.807) is 6.07 Å². The molecule has 0 aliphatic carbocycles. The van der Waals surface area contributed by atoms with Gasteiger partial charge in [-0.05, 0) is 12.1 Å². The third-order valence-electron chi connectivity index (χ3n) is 2.04. The molecule has 106 valence electrons. The lowest BCUT2D eigenvalue weighted by atomic mass is 10.3. The number of benzene rings is 1. The Morgan fingerprint density at radius 1 is 1.50 bits per heavy atom. The summed E-state index contributed by atoms with van der Waals surface area (Å²) in [5, 5.41) is 19.3. The van der Waals surface area contributed by atoms with E-state index in [1.807, 2.05) is 0 Å². The number of methoxy groups -OCH3 is 1. The topological polar surface area (TPSA) is 117 Å². The summed E-state index contributed by atoms with van der Waals surface area (Å²) in [6.45, 7) is -3.01. The van der Waals surface area contributed by atoms with Crippen LogP contribution in [0.3, 0.4) is 0 Å². The van der Waals surface area contributed by atoms with Crippen LogP contribution in [0.5, 0.6) is 11.5 Å². The summed E-state index contributed by atoms with van der Waals surface area (Å²) < 4.78 is 33.6. The van der Waals surface area contributed by atoms with Crippen LogP contribution in [0.25, 0.3) is 0 Å². The molecule has 1 aromatic carbocycles. The number of alkyl halides is 2. The van der Waals surface area contributed by atoms with E-state index in [0.29, 0.717) is 0 Å². The number of rotatable bonds is 6. The van der Waals surface area contributed by atoms with E-state index >= 15 is 0 Å². The number of amidine groups is 1. The number of nitrogens with one attached hydrogen (secondary N) is 2. The van der Waals surface area contributed by atoms with Gasteiger partial charge in [-0.1, -0.05) is 0 Å². The molecule has 0 saturated carbocycles. The maximum Gasteiger partial charge on any atom is 0.387 e. The van der Waals surface area contributed by atoms with Gasteiger partial charge in [-0.25, -0.2) is 0 Å². The van der Waals surface area contributed by atoms with Crippen LogP contribution in [0.4, 0.5) is 14.5 Å². The Kier molecular flexibility index (Phi) is 5.22. The average molecular weight is 283 g/mol. The largest absolute Gasteiger partial charge is 0.493 e. The predicted octanol–water partition coefficient (Wildman–Crippen LogP) is 1.52. The molecule has 7 nitrogen and oxygen atoms in total. The minimum atomic E-state index is -3.01. The van der Waals surface area contributed by atoms with Crippen LogP contribution in [0.15, 0.2) is 23.3 Å². The highest BCUT2D eigenvalue weighted by Crippen LogP contribution is 2.31. The zero-order valence-electron chi connectivity index (χ0n) is 10.4. The molecule has 0 saturated heterocycles. The first-order valence-electron chi connectivity index (χ1n) is 5.19. The quantitative estimate of drug-likeness (QED) is 0.416. The molecule has 0 aliphatic heterocycles. The molecule has 0 heterocycles. The third-order valence-corrected chi connectivity index (χ3v) is 2.04. The molecule has 0 bridgehead atoms. The normalized spacial score (nSPS) is 10.8. The van der Waals surface area contributed by atoms with Gasteiger partial charge in [-0.2, -0.15) is 19.1 Å². The van der Waals surface area contributed by atoms with Crippen LogP contribution in [0, 0.1) is 16.7 Å². The van der Waals surface area contributed by atoms with Crippen LogP contribution in [0.2, 0.25) is 0 Å². The second-order valence-corrected chi connectivity index (χ2v) is 3.34. The van der Waals surface area contributed by atoms with Gasteiger partial charge >= 0.3 is 6.61 Å². The van der Waals surface area contributed by atoms with E-state index in [4.69, 9.17) is 21.1 Å². The summed E-state index contributed by atoms with van der Waals surface area (Å²) >= 11 is 0. The SMILES string of the molecule is COc1ccc(N/N=C(\C#N)C(=N)N)cc1OC(F)F. The van der Waals surface area contributed by atoms with Crippen molar-refractivity contribution in [2.24, 2.45) is 10.8 Å². The van der Waals surface area contributed by atoms with Gasteiger partial charge in [0.05, 0.1) is 12.8 Å². The summed E-state index contributed by atoms with van der Waals surface area (Å²) in [4.78, 5) is 0. The standard InChI is InChI=1S/C11H11F2N5O2/c1-19-8-3-2-6(4-9(8)20-11(12)13)17-18-7(5-14)10(15)16/h2-4,11,17H,1H3,(H3,15,16)/b18-7+. The smallest absolute Gasteiger partial charge is 0.387 e. The number of nitrogens with zero attached hydrogens (tertiary/aromatic N) is 2. The van der Waals surface area contributed by atoms with Gasteiger partial charge in [0.2, 0.25) is 5.71 Å². The molecule has 0 radical (unpaired) electrons. The van der Waals surface area contributed by atoms with Gasteiger partial charge in [-0.3, -0.25) is 10.8 Å². The van der Waals surface area contributed by atoms with Crippen LogP contribution in [-0.4, -0.2) is 25.3 Å². The van der Waals surface area contributed by atoms with Gasteiger partial charge in [0.15, 0.2) is 17.3 Å². The highest BCUT2D eigenvalue weighted by molar-refractivity contribution is 6.45. The Hall–Kier alpha value is -2.89. The Balaban J connectivity index is 2.98. The second kappa shape index (κ2) is 6.89. The van der Waals surface area contributed by atoms with Gasteiger partial charge < -0.3 is 15.2 Å². The number of hydrogen-bond acceptors (Lipinski definition) is 6. The van der Waals surface area contributed by atoms with Crippen LogP contribution < -0.4 is 20.6 Å². The molecule has 0 fully saturated rings. The molecule has 9 heteroatoms. The molecule has 1 aromatic rings. The lowest BCUT2D eigenvalue weighted by Crippen LogP contribution is -2.21. The maximum atomic E-state index is 12.2. The third kappa shape index (κ3) is 4.09. The van der Waals surface area contributed by atoms with Gasteiger partial charge in [0, 0.05) is 6.07 Å². The van der Waals surface area contributed by atoms with Crippen molar-refractivity contribution in [3.8, 4) is 17.6 Å². The van der Waals surface area contributed by atoms with E-state index in [-0.39, 0.29) is 22.9 Å². The van der Waals surface area contributed by atoms with Crippen molar-refractivity contribution in [2.75, 3.05) is 12.5 Å². The summed E-state index contributed by atoms with van der Waals surface area (Å²) in [6, 6.07) is 5.67. The summed E-state index contributed by atoms with van der Waals surface area (Å²) in [5.41, 5.74) is 7.43. The van der Waals surface area contributed by atoms with E-state index in [2.05, 4.69) is 15.3 Å². The second-order valence-electron chi connectivity index (χ2n) is 3.34. The van der Waals surface area contributed by atoms with Crippen molar-refractivity contribution in [3.63, 3.8) is 0 Å². The molecular weight excluding hydrogens is 272 g/mol. The fraction of sp³-hybridized carbons (Fsp3) is 0.182. The number of nitrogens with two attached hydrogens (primary N) is 1. The fourth-order valence-corrected chi connectivity index (χ4v) is 1.20. The van der Waals surface area contributed by atoms with Crippen molar-refractivity contribution < 1.29 is 18.3 Å². The molecule has 0 amide bonds. The number of hydrogen-bond donors (Lipinski definition) is 3. The minimum Gasteiger partial charge on any atom is -0.493 e. The molecule has 1 rings (SSSR count). The Morgan fingerprint density at radius 2 is 2.20 bits per heavy atom. The van der Waals surface area contributed by atoms with Crippen molar-refractivity contribution >= 4 is 17.2 Å². The summed E-state index contributed by atoms with van der Waals surface area (Å²) in [7, 11) is 1.31. The van der Waals surface area contributed by atoms with Crippen molar-refractivity contribution in [3.05, 3.63) is 18.2 Å². The van der Waals surface area contributed by atoms with Gasteiger partial charge in [0.25, 0.3) is 0 Å². The van der Waals surface area contributed by atoms with E-state index in [1.165, 1.54) is 25.3 Å². The molecule has 20 heavy (non-hydrogen) atoms. The molecule has 0 spiro atoms. The highest BCUT2D eigenvalue weighted by Gasteiger charge is 2.11. The van der Waals surface area contributed by atoms with E-state index in [9.17, 15) is 8.78 Å². The molecule has 0 aromatic heterocycles. The van der Waals surface area contributed by atoms with Crippen LogP contribution in [-0.2, 0) is 0 Å². The maximum absolute atomic E-state index is 12.2. The van der Waals surface area contributed by atoms with E-state index in [0.717, 1.165) is 0 Å². The molecular formula is C11H11F2N5O2. The zero-order chi connectivity index (χ0) is 15.1. The Bertz CT molecular complexity index is 568. The Morgan fingerprint density at radius 3 is 2.70 bits per heavy atom. The molecule has 0 atom stereocenters. The Labute approximate surface area is 113 Å². The van der Waals surface area contributed by atoms with Crippen molar-refractivity contribution in [2.45, 2.75) is 6.61 Å². The molecule has 0 aliphatic rings. The predicted molar refractivity (Wildman–Crippen MR) is 68.2 cm³/mol. The van der Waals surface area contributed by atoms with Gasteiger partial charge in [-0.15, -0.1) is 0 Å². The molecule has 0 unspecified atom stereocenters. The first kappa shape index (κ1) is 15.2. The van der Waals surface area contributed by atoms with Crippen LogP contribution >= 0.6 is 0 Å². The first-order valence-corrected chi connectivity index (χ1v) is 5.19. The molecule has 4 N–H and O–H groups in total. The lowest BCUT2D eigenvalue weighted by Gasteiger charge is -2.11. The first-order chi connectivity index (χ1) is 9.47. The monoisotopic (exact) mass is 283 g/mol.